The number of hydrogen-bond donors (Lipinski definition) is 1. The lowest BCUT2D eigenvalue weighted by molar-refractivity contribution is 0.481. The Morgan fingerprint density at radius 3 is 3.00 bits per heavy atom. The molecule has 0 aliphatic carbocycles. The Labute approximate surface area is 92.1 Å². The van der Waals surface area contributed by atoms with Crippen LogP contribution in [-0.4, -0.2) is 7.05 Å². The molecule has 0 fully saturated rings. The van der Waals surface area contributed by atoms with E-state index in [1.54, 1.807) is 6.26 Å². The smallest absolute Gasteiger partial charge is 0.108 e. The molecule has 0 amide bonds. The Morgan fingerprint density at radius 1 is 1.60 bits per heavy atom. The Balaban J connectivity index is 2.62. The Kier molecular flexibility index (Phi) is 5.00. The summed E-state index contributed by atoms with van der Waals surface area (Å²) in [5, 5.41) is 3.31. The average Bonchev–Trinajstić information content (AvgIpc) is 2.72. The molecule has 1 heterocycles. The van der Waals surface area contributed by atoms with Crippen LogP contribution in [0.25, 0.3) is 0 Å². The molecule has 82 valence electrons. The summed E-state index contributed by atoms with van der Waals surface area (Å²) in [6, 6.07) is 2.42. The van der Waals surface area contributed by atoms with Crippen LogP contribution in [0.4, 0.5) is 0 Å². The summed E-state index contributed by atoms with van der Waals surface area (Å²) in [4.78, 5) is 0. The molecular formula is C13H19NO. The zero-order valence-electron chi connectivity index (χ0n) is 9.55. The minimum atomic E-state index is 0.368. The number of rotatable bonds is 6. The molecule has 0 aromatic carbocycles. The summed E-state index contributed by atoms with van der Waals surface area (Å²) in [5.74, 6) is 3.75. The summed E-state index contributed by atoms with van der Waals surface area (Å²) >= 11 is 0. The third-order valence-electron chi connectivity index (χ3n) is 2.64. The number of nitrogens with one attached hydrogen (secondary N) is 1. The van der Waals surface area contributed by atoms with Crippen LogP contribution in [0.2, 0.25) is 0 Å². The predicted octanol–water partition coefficient (Wildman–Crippen LogP) is 2.91. The van der Waals surface area contributed by atoms with Gasteiger partial charge in [0.15, 0.2) is 0 Å². The fourth-order valence-electron chi connectivity index (χ4n) is 1.81. The summed E-state index contributed by atoms with van der Waals surface area (Å²) in [6.45, 7) is 2.11. The van der Waals surface area contributed by atoms with Gasteiger partial charge in [0.05, 0.1) is 6.26 Å². The molecule has 0 aliphatic rings. The Morgan fingerprint density at radius 2 is 2.40 bits per heavy atom. The van der Waals surface area contributed by atoms with Gasteiger partial charge in [0, 0.05) is 24.4 Å². The van der Waals surface area contributed by atoms with Crippen molar-refractivity contribution in [2.24, 2.45) is 0 Å². The molecule has 0 spiro atoms. The molecule has 1 aromatic heterocycles. The summed E-state index contributed by atoms with van der Waals surface area (Å²) in [5.41, 5.74) is 1.28. The molecule has 0 saturated carbocycles. The topological polar surface area (TPSA) is 25.2 Å². The van der Waals surface area contributed by atoms with Crippen molar-refractivity contribution >= 4 is 0 Å². The van der Waals surface area contributed by atoms with Crippen molar-refractivity contribution in [1.82, 2.24) is 5.32 Å². The van der Waals surface area contributed by atoms with Gasteiger partial charge < -0.3 is 9.73 Å². The van der Waals surface area contributed by atoms with Crippen LogP contribution in [-0.2, 0) is 6.42 Å². The van der Waals surface area contributed by atoms with E-state index in [9.17, 15) is 0 Å². The molecule has 15 heavy (non-hydrogen) atoms. The van der Waals surface area contributed by atoms with Gasteiger partial charge in [-0.1, -0.05) is 6.92 Å². The second-order valence-electron chi connectivity index (χ2n) is 3.59. The SMILES string of the molecule is C#CCCCC(NC)c1ccoc1CC. The largest absolute Gasteiger partial charge is 0.469 e. The third-order valence-corrected chi connectivity index (χ3v) is 2.64. The number of hydrogen-bond acceptors (Lipinski definition) is 2. The quantitative estimate of drug-likeness (QED) is 0.570. The molecular weight excluding hydrogens is 186 g/mol. The van der Waals surface area contributed by atoms with E-state index in [-0.39, 0.29) is 0 Å². The fraction of sp³-hybridized carbons (Fsp3) is 0.538. The highest BCUT2D eigenvalue weighted by Gasteiger charge is 2.14. The van der Waals surface area contributed by atoms with Crippen LogP contribution in [0.1, 0.15) is 43.6 Å². The highest BCUT2D eigenvalue weighted by molar-refractivity contribution is 5.21. The molecule has 1 rings (SSSR count). The molecule has 0 radical (unpaired) electrons. The van der Waals surface area contributed by atoms with E-state index < -0.39 is 0 Å². The molecule has 0 bridgehead atoms. The summed E-state index contributed by atoms with van der Waals surface area (Å²) in [7, 11) is 1.98. The summed E-state index contributed by atoms with van der Waals surface area (Å²) < 4.78 is 5.42. The zero-order chi connectivity index (χ0) is 11.1. The van der Waals surface area contributed by atoms with Gasteiger partial charge in [0.25, 0.3) is 0 Å². The van der Waals surface area contributed by atoms with Crippen molar-refractivity contribution < 1.29 is 4.42 Å². The van der Waals surface area contributed by atoms with Gasteiger partial charge in [-0.2, -0.15) is 0 Å². The van der Waals surface area contributed by atoms with Crippen LogP contribution in [0.5, 0.6) is 0 Å². The fourth-order valence-corrected chi connectivity index (χ4v) is 1.81. The maximum absolute atomic E-state index is 5.42. The van der Waals surface area contributed by atoms with E-state index >= 15 is 0 Å². The molecule has 1 N–H and O–H groups in total. The van der Waals surface area contributed by atoms with Crippen molar-refractivity contribution in [2.75, 3.05) is 7.05 Å². The lowest BCUT2D eigenvalue weighted by Crippen LogP contribution is -2.16. The summed E-state index contributed by atoms with van der Waals surface area (Å²) in [6.07, 6.45) is 10.9. The van der Waals surface area contributed by atoms with Crippen molar-refractivity contribution in [3.63, 3.8) is 0 Å². The first-order chi connectivity index (χ1) is 7.33. The van der Waals surface area contributed by atoms with Gasteiger partial charge in [0.2, 0.25) is 0 Å². The Hall–Kier alpha value is -1.20. The lowest BCUT2D eigenvalue weighted by Gasteiger charge is -2.15. The number of terminal acetylenes is 1. The lowest BCUT2D eigenvalue weighted by atomic mass is 10.0. The maximum Gasteiger partial charge on any atom is 0.108 e. The molecule has 2 nitrogen and oxygen atoms in total. The van der Waals surface area contributed by atoms with Crippen LogP contribution >= 0.6 is 0 Å². The van der Waals surface area contributed by atoms with E-state index in [4.69, 9.17) is 10.8 Å². The van der Waals surface area contributed by atoms with Crippen molar-refractivity contribution in [1.29, 1.82) is 0 Å². The van der Waals surface area contributed by atoms with Crippen LogP contribution in [0.3, 0.4) is 0 Å². The standard InChI is InChI=1S/C13H19NO/c1-4-6-7-8-12(14-3)11-9-10-15-13(11)5-2/h1,9-10,12,14H,5-8H2,2-3H3. The van der Waals surface area contributed by atoms with Gasteiger partial charge >= 0.3 is 0 Å². The minimum Gasteiger partial charge on any atom is -0.469 e. The van der Waals surface area contributed by atoms with E-state index in [1.165, 1.54) is 5.56 Å². The molecule has 1 aromatic rings. The van der Waals surface area contributed by atoms with Crippen molar-refractivity contribution in [2.45, 2.75) is 38.6 Å². The number of furan rings is 1. The maximum atomic E-state index is 5.42. The number of aryl methyl sites for hydroxylation is 1. The van der Waals surface area contributed by atoms with E-state index in [2.05, 4.69) is 24.2 Å². The predicted molar refractivity (Wildman–Crippen MR) is 62.6 cm³/mol. The van der Waals surface area contributed by atoms with Gasteiger partial charge in [-0.15, -0.1) is 12.3 Å². The molecule has 2 heteroatoms. The molecule has 1 atom stereocenters. The Bertz CT molecular complexity index is 322. The highest BCUT2D eigenvalue weighted by atomic mass is 16.3. The van der Waals surface area contributed by atoms with Crippen LogP contribution in [0.15, 0.2) is 16.7 Å². The van der Waals surface area contributed by atoms with E-state index in [0.29, 0.717) is 6.04 Å². The normalized spacial score (nSPS) is 12.3. The van der Waals surface area contributed by atoms with Crippen LogP contribution in [0, 0.1) is 12.3 Å². The zero-order valence-corrected chi connectivity index (χ0v) is 9.55. The first-order valence-electron chi connectivity index (χ1n) is 5.50. The first kappa shape index (κ1) is 11.9. The van der Waals surface area contributed by atoms with Gasteiger partial charge in [-0.25, -0.2) is 0 Å². The highest BCUT2D eigenvalue weighted by Crippen LogP contribution is 2.24. The molecule has 0 saturated heterocycles. The molecule has 1 unspecified atom stereocenters. The van der Waals surface area contributed by atoms with E-state index in [1.807, 2.05) is 7.05 Å². The first-order valence-corrected chi connectivity index (χ1v) is 5.50. The van der Waals surface area contributed by atoms with Gasteiger partial charge in [-0.3, -0.25) is 0 Å². The molecule has 0 aliphatic heterocycles. The van der Waals surface area contributed by atoms with Crippen LogP contribution < -0.4 is 5.32 Å². The monoisotopic (exact) mass is 205 g/mol. The van der Waals surface area contributed by atoms with Gasteiger partial charge in [-0.05, 0) is 26.0 Å². The van der Waals surface area contributed by atoms with Crippen molar-refractivity contribution in [3.05, 3.63) is 23.7 Å². The number of unbranched alkanes of at least 4 members (excludes halogenated alkanes) is 1. The average molecular weight is 205 g/mol. The second-order valence-corrected chi connectivity index (χ2v) is 3.59. The van der Waals surface area contributed by atoms with Crippen molar-refractivity contribution in [3.8, 4) is 12.3 Å². The minimum absolute atomic E-state index is 0.368. The third kappa shape index (κ3) is 3.14. The van der Waals surface area contributed by atoms with E-state index in [0.717, 1.165) is 31.4 Å². The van der Waals surface area contributed by atoms with Gasteiger partial charge in [0.1, 0.15) is 5.76 Å². The second kappa shape index (κ2) is 6.31.